The van der Waals surface area contributed by atoms with Crippen molar-refractivity contribution in [2.45, 2.75) is 12.2 Å². The van der Waals surface area contributed by atoms with Crippen LogP contribution in [0.5, 0.6) is 11.5 Å². The molecule has 0 saturated heterocycles. The molecular weight excluding hydrogens is 258 g/mol. The zero-order chi connectivity index (χ0) is 14.5. The van der Waals surface area contributed by atoms with Crippen molar-refractivity contribution in [1.29, 1.82) is 0 Å². The zero-order valence-electron chi connectivity index (χ0n) is 10.6. The topological polar surface area (TPSA) is 92.8 Å². The normalized spacial score (nSPS) is 13.5. The lowest BCUT2D eigenvalue weighted by molar-refractivity contribution is -0.131. The van der Waals surface area contributed by atoms with Crippen molar-refractivity contribution in [3.8, 4) is 11.5 Å². The van der Waals surface area contributed by atoms with E-state index in [0.29, 0.717) is 17.1 Å². The van der Waals surface area contributed by atoms with Gasteiger partial charge in [-0.05, 0) is 29.8 Å². The first kappa shape index (κ1) is 14.0. The predicted octanol–water partition coefficient (Wildman–Crippen LogP) is 1.36. The van der Waals surface area contributed by atoms with Crippen LogP contribution in [0.4, 0.5) is 0 Å². The van der Waals surface area contributed by atoms with Crippen molar-refractivity contribution in [1.82, 2.24) is 0 Å². The molecular formula is C15H15NO4. The van der Waals surface area contributed by atoms with Crippen LogP contribution in [0.3, 0.4) is 0 Å². The molecule has 0 aliphatic heterocycles. The van der Waals surface area contributed by atoms with Crippen LogP contribution in [0.25, 0.3) is 0 Å². The standard InChI is InChI=1S/C15H15NO4/c16-15(19)14(18)13(17)10-6-8-12(9-7-10)20-11-4-2-1-3-5-11/h1-9,13-14,17-18H,(H2,16,19). The van der Waals surface area contributed by atoms with Gasteiger partial charge in [0.05, 0.1) is 0 Å². The minimum absolute atomic E-state index is 0.386. The summed E-state index contributed by atoms with van der Waals surface area (Å²) in [7, 11) is 0. The van der Waals surface area contributed by atoms with Crippen molar-refractivity contribution in [3.63, 3.8) is 0 Å². The van der Waals surface area contributed by atoms with Crippen molar-refractivity contribution < 1.29 is 19.7 Å². The summed E-state index contributed by atoms with van der Waals surface area (Å²) >= 11 is 0. The fraction of sp³-hybridized carbons (Fsp3) is 0.133. The lowest BCUT2D eigenvalue weighted by Crippen LogP contribution is -2.33. The largest absolute Gasteiger partial charge is 0.457 e. The number of para-hydroxylation sites is 1. The van der Waals surface area contributed by atoms with Crippen LogP contribution in [-0.2, 0) is 4.79 Å². The molecule has 0 heterocycles. The van der Waals surface area contributed by atoms with E-state index in [0.717, 1.165) is 0 Å². The highest BCUT2D eigenvalue weighted by Gasteiger charge is 2.23. The molecule has 2 atom stereocenters. The molecule has 0 fully saturated rings. The van der Waals surface area contributed by atoms with Crippen LogP contribution in [0.15, 0.2) is 54.6 Å². The van der Waals surface area contributed by atoms with Gasteiger partial charge in [-0.1, -0.05) is 30.3 Å². The lowest BCUT2D eigenvalue weighted by Gasteiger charge is -2.15. The van der Waals surface area contributed by atoms with Gasteiger partial charge < -0.3 is 20.7 Å². The Bertz CT molecular complexity index is 568. The number of aliphatic hydroxyl groups excluding tert-OH is 2. The van der Waals surface area contributed by atoms with Crippen LogP contribution in [0.1, 0.15) is 11.7 Å². The van der Waals surface area contributed by atoms with Gasteiger partial charge in [0.2, 0.25) is 5.91 Å². The number of hydrogen-bond donors (Lipinski definition) is 3. The number of rotatable bonds is 5. The predicted molar refractivity (Wildman–Crippen MR) is 73.1 cm³/mol. The van der Waals surface area contributed by atoms with Crippen LogP contribution < -0.4 is 10.5 Å². The van der Waals surface area contributed by atoms with E-state index in [1.165, 1.54) is 0 Å². The van der Waals surface area contributed by atoms with E-state index in [1.807, 2.05) is 30.3 Å². The van der Waals surface area contributed by atoms with Crippen molar-refractivity contribution >= 4 is 5.91 Å². The zero-order valence-corrected chi connectivity index (χ0v) is 10.6. The number of benzene rings is 2. The third kappa shape index (κ3) is 3.34. The van der Waals surface area contributed by atoms with Gasteiger partial charge >= 0.3 is 0 Å². The van der Waals surface area contributed by atoms with Gasteiger partial charge in [0, 0.05) is 0 Å². The maximum atomic E-state index is 10.8. The Balaban J connectivity index is 2.08. The van der Waals surface area contributed by atoms with Crippen molar-refractivity contribution in [2.24, 2.45) is 5.73 Å². The average molecular weight is 273 g/mol. The molecule has 2 aromatic rings. The number of ether oxygens (including phenoxy) is 1. The molecule has 5 heteroatoms. The SMILES string of the molecule is NC(=O)C(O)C(O)c1ccc(Oc2ccccc2)cc1. The number of nitrogens with two attached hydrogens (primary N) is 1. The second-order valence-corrected chi connectivity index (χ2v) is 4.28. The average Bonchev–Trinajstić information content (AvgIpc) is 2.47. The summed E-state index contributed by atoms with van der Waals surface area (Å²) in [6.45, 7) is 0. The molecule has 2 rings (SSSR count). The Morgan fingerprint density at radius 3 is 2.05 bits per heavy atom. The summed E-state index contributed by atoms with van der Waals surface area (Å²) in [5.74, 6) is 0.306. The molecule has 1 amide bonds. The van der Waals surface area contributed by atoms with Gasteiger partial charge in [0.25, 0.3) is 0 Å². The molecule has 5 nitrogen and oxygen atoms in total. The Labute approximate surface area is 116 Å². The van der Waals surface area contributed by atoms with Gasteiger partial charge in [-0.2, -0.15) is 0 Å². The van der Waals surface area contributed by atoms with Gasteiger partial charge in [-0.3, -0.25) is 4.79 Å². The third-order valence-electron chi connectivity index (χ3n) is 2.79. The number of aliphatic hydroxyl groups is 2. The second-order valence-electron chi connectivity index (χ2n) is 4.28. The van der Waals surface area contributed by atoms with Gasteiger partial charge in [-0.25, -0.2) is 0 Å². The number of carbonyl (C=O) groups excluding carboxylic acids is 1. The van der Waals surface area contributed by atoms with Crippen molar-refractivity contribution in [2.75, 3.05) is 0 Å². The Morgan fingerprint density at radius 1 is 0.950 bits per heavy atom. The highest BCUT2D eigenvalue weighted by Crippen LogP contribution is 2.24. The number of primary amides is 1. The fourth-order valence-corrected chi connectivity index (χ4v) is 1.70. The molecule has 0 bridgehead atoms. The van der Waals surface area contributed by atoms with E-state index in [1.54, 1.807) is 24.3 Å². The molecule has 20 heavy (non-hydrogen) atoms. The minimum atomic E-state index is -1.63. The van der Waals surface area contributed by atoms with Gasteiger partial charge in [0.1, 0.15) is 17.6 Å². The summed E-state index contributed by atoms with van der Waals surface area (Å²) in [5, 5.41) is 19.1. The smallest absolute Gasteiger partial charge is 0.249 e. The summed E-state index contributed by atoms with van der Waals surface area (Å²) in [6, 6.07) is 15.6. The molecule has 0 radical (unpaired) electrons. The number of amides is 1. The summed E-state index contributed by atoms with van der Waals surface area (Å²) in [6.07, 6.45) is -2.98. The summed E-state index contributed by atoms with van der Waals surface area (Å²) in [4.78, 5) is 10.8. The van der Waals surface area contributed by atoms with Gasteiger partial charge in [0.15, 0.2) is 6.10 Å². The van der Waals surface area contributed by atoms with E-state index >= 15 is 0 Å². The maximum absolute atomic E-state index is 10.8. The molecule has 2 unspecified atom stereocenters. The molecule has 104 valence electrons. The fourth-order valence-electron chi connectivity index (χ4n) is 1.70. The van der Waals surface area contributed by atoms with Gasteiger partial charge in [-0.15, -0.1) is 0 Å². The Kier molecular flexibility index (Phi) is 4.34. The maximum Gasteiger partial charge on any atom is 0.249 e. The third-order valence-corrected chi connectivity index (χ3v) is 2.79. The molecule has 0 aromatic heterocycles. The van der Waals surface area contributed by atoms with Crippen LogP contribution >= 0.6 is 0 Å². The molecule has 4 N–H and O–H groups in total. The monoisotopic (exact) mass is 273 g/mol. The number of carbonyl (C=O) groups is 1. The molecule has 0 aliphatic rings. The minimum Gasteiger partial charge on any atom is -0.457 e. The van der Waals surface area contributed by atoms with E-state index in [9.17, 15) is 15.0 Å². The van der Waals surface area contributed by atoms with E-state index in [-0.39, 0.29) is 0 Å². The first-order chi connectivity index (χ1) is 9.58. The molecule has 0 spiro atoms. The summed E-state index contributed by atoms with van der Waals surface area (Å²) in [5.41, 5.74) is 5.32. The van der Waals surface area contributed by atoms with E-state index < -0.39 is 18.1 Å². The molecule has 2 aromatic carbocycles. The summed E-state index contributed by atoms with van der Waals surface area (Å²) < 4.78 is 5.59. The second kappa shape index (κ2) is 6.18. The quantitative estimate of drug-likeness (QED) is 0.766. The van der Waals surface area contributed by atoms with Crippen LogP contribution in [-0.4, -0.2) is 22.2 Å². The van der Waals surface area contributed by atoms with E-state index in [2.05, 4.69) is 0 Å². The lowest BCUT2D eigenvalue weighted by atomic mass is 10.0. The first-order valence-electron chi connectivity index (χ1n) is 6.06. The van der Waals surface area contributed by atoms with Crippen LogP contribution in [0, 0.1) is 0 Å². The molecule has 0 aliphatic carbocycles. The Hall–Kier alpha value is -2.37. The Morgan fingerprint density at radius 2 is 1.50 bits per heavy atom. The molecule has 0 saturated carbocycles. The van der Waals surface area contributed by atoms with Crippen molar-refractivity contribution in [3.05, 3.63) is 60.2 Å². The van der Waals surface area contributed by atoms with E-state index in [4.69, 9.17) is 10.5 Å². The van der Waals surface area contributed by atoms with Crippen LogP contribution in [0.2, 0.25) is 0 Å². The highest BCUT2D eigenvalue weighted by atomic mass is 16.5. The first-order valence-corrected chi connectivity index (χ1v) is 6.06. The highest BCUT2D eigenvalue weighted by molar-refractivity contribution is 5.79. The number of hydrogen-bond acceptors (Lipinski definition) is 4.